The fourth-order valence-corrected chi connectivity index (χ4v) is 4.00. The first-order valence-electron chi connectivity index (χ1n) is 8.10. The summed E-state index contributed by atoms with van der Waals surface area (Å²) in [5.41, 5.74) is -0.323. The van der Waals surface area contributed by atoms with Crippen molar-refractivity contribution in [3.8, 4) is 0 Å². The Kier molecular flexibility index (Phi) is 3.91. The summed E-state index contributed by atoms with van der Waals surface area (Å²) in [4.78, 5) is 31.0. The Morgan fingerprint density at radius 1 is 1.10 bits per heavy atom. The van der Waals surface area contributed by atoms with Gasteiger partial charge in [0.05, 0.1) is 5.41 Å². The lowest BCUT2D eigenvalue weighted by Crippen LogP contribution is -2.53. The van der Waals surface area contributed by atoms with Crippen LogP contribution in [0, 0.1) is 5.41 Å². The molecule has 3 amide bonds. The van der Waals surface area contributed by atoms with E-state index in [-0.39, 0.29) is 17.4 Å². The first-order valence-corrected chi connectivity index (χ1v) is 8.10. The fourth-order valence-electron chi connectivity index (χ4n) is 4.00. The normalized spacial score (nSPS) is 29.5. The van der Waals surface area contributed by atoms with Crippen molar-refractivity contribution in [3.63, 3.8) is 0 Å². The highest BCUT2D eigenvalue weighted by Crippen LogP contribution is 2.40. The summed E-state index contributed by atoms with van der Waals surface area (Å²) in [5, 5.41) is 0. The molecule has 3 rings (SSSR count). The number of hydrogen-bond donors (Lipinski definition) is 0. The third kappa shape index (κ3) is 2.54. The van der Waals surface area contributed by atoms with Crippen LogP contribution in [0.25, 0.3) is 0 Å². The first kappa shape index (κ1) is 14.4. The average Bonchev–Trinajstić information content (AvgIpc) is 3.12. The number of likely N-dealkylation sites (tertiary alicyclic amines) is 3. The zero-order valence-electron chi connectivity index (χ0n) is 12.7. The summed E-state index contributed by atoms with van der Waals surface area (Å²) in [5.74, 6) is 0.223. The van der Waals surface area contributed by atoms with Gasteiger partial charge in [-0.25, -0.2) is 4.79 Å². The van der Waals surface area contributed by atoms with Gasteiger partial charge in [0.2, 0.25) is 5.91 Å². The lowest BCUT2D eigenvalue weighted by atomic mass is 9.78. The van der Waals surface area contributed by atoms with E-state index >= 15 is 0 Å². The molecule has 0 aromatic heterocycles. The van der Waals surface area contributed by atoms with Crippen LogP contribution in [0.4, 0.5) is 4.79 Å². The molecular formula is C16H25N3O2. The molecule has 5 nitrogen and oxygen atoms in total. The van der Waals surface area contributed by atoms with Gasteiger partial charge in [-0.05, 0) is 32.1 Å². The minimum atomic E-state index is -0.323. The first-order chi connectivity index (χ1) is 10.2. The second-order valence-electron chi connectivity index (χ2n) is 6.57. The van der Waals surface area contributed by atoms with Gasteiger partial charge in [0.15, 0.2) is 0 Å². The van der Waals surface area contributed by atoms with E-state index in [1.54, 1.807) is 6.08 Å². The van der Waals surface area contributed by atoms with Crippen LogP contribution in [0.1, 0.15) is 32.1 Å². The minimum Gasteiger partial charge on any atom is -0.338 e. The Morgan fingerprint density at radius 2 is 1.81 bits per heavy atom. The van der Waals surface area contributed by atoms with Crippen LogP contribution in [0.2, 0.25) is 0 Å². The molecule has 0 saturated carbocycles. The standard InChI is InChI=1S/C16H25N3O2/c1-2-8-17-12-7-16(14(17)20)6-5-11-19(13-16)15(21)18-9-3-4-10-18/h2H,1,3-13H2. The highest BCUT2D eigenvalue weighted by Gasteiger charge is 2.49. The maximum absolute atomic E-state index is 12.7. The van der Waals surface area contributed by atoms with Crippen LogP contribution in [-0.2, 0) is 4.79 Å². The summed E-state index contributed by atoms with van der Waals surface area (Å²) in [7, 11) is 0. The van der Waals surface area contributed by atoms with Crippen LogP contribution < -0.4 is 0 Å². The smallest absolute Gasteiger partial charge is 0.320 e. The minimum absolute atomic E-state index is 0.140. The summed E-state index contributed by atoms with van der Waals surface area (Å²) in [6.07, 6.45) is 6.74. The zero-order chi connectivity index (χ0) is 14.9. The molecule has 3 heterocycles. The van der Waals surface area contributed by atoms with E-state index in [0.29, 0.717) is 13.1 Å². The van der Waals surface area contributed by atoms with E-state index in [4.69, 9.17) is 0 Å². The predicted molar refractivity (Wildman–Crippen MR) is 80.8 cm³/mol. The SMILES string of the molecule is C=CCN1CCC2(CCCN(C(=O)N3CCCC3)C2)C1=O. The summed E-state index contributed by atoms with van der Waals surface area (Å²) < 4.78 is 0. The molecule has 0 bridgehead atoms. The molecule has 1 spiro atoms. The highest BCUT2D eigenvalue weighted by atomic mass is 16.2. The van der Waals surface area contributed by atoms with Gasteiger partial charge in [0, 0.05) is 39.3 Å². The average molecular weight is 291 g/mol. The molecule has 0 aromatic rings. The molecule has 3 saturated heterocycles. The van der Waals surface area contributed by atoms with E-state index < -0.39 is 0 Å². The monoisotopic (exact) mass is 291 g/mol. The van der Waals surface area contributed by atoms with E-state index in [2.05, 4.69) is 6.58 Å². The maximum Gasteiger partial charge on any atom is 0.320 e. The molecule has 3 aliphatic heterocycles. The molecule has 1 atom stereocenters. The van der Waals surface area contributed by atoms with Gasteiger partial charge in [-0.3, -0.25) is 4.79 Å². The van der Waals surface area contributed by atoms with Gasteiger partial charge in [-0.1, -0.05) is 6.08 Å². The van der Waals surface area contributed by atoms with E-state index in [9.17, 15) is 9.59 Å². The topological polar surface area (TPSA) is 43.9 Å². The Bertz CT molecular complexity index is 445. The van der Waals surface area contributed by atoms with Gasteiger partial charge in [0.25, 0.3) is 0 Å². The highest BCUT2D eigenvalue weighted by molar-refractivity contribution is 5.86. The Labute approximate surface area is 126 Å². The molecule has 0 aliphatic carbocycles. The van der Waals surface area contributed by atoms with Crippen molar-refractivity contribution in [2.75, 3.05) is 39.3 Å². The molecule has 1 unspecified atom stereocenters. The lowest BCUT2D eigenvalue weighted by molar-refractivity contribution is -0.137. The molecule has 0 aromatic carbocycles. The van der Waals surface area contributed by atoms with Crippen LogP contribution in [0.15, 0.2) is 12.7 Å². The van der Waals surface area contributed by atoms with Crippen molar-refractivity contribution in [1.29, 1.82) is 0 Å². The summed E-state index contributed by atoms with van der Waals surface area (Å²) in [6, 6.07) is 0.140. The number of amides is 3. The molecule has 3 aliphatic rings. The van der Waals surface area contributed by atoms with Gasteiger partial charge < -0.3 is 14.7 Å². The number of carbonyl (C=O) groups is 2. The third-order valence-electron chi connectivity index (χ3n) is 5.17. The Morgan fingerprint density at radius 3 is 2.52 bits per heavy atom. The predicted octanol–water partition coefficient (Wildman–Crippen LogP) is 1.70. The number of piperidine rings is 1. The number of rotatable bonds is 2. The molecule has 3 fully saturated rings. The van der Waals surface area contributed by atoms with Crippen molar-refractivity contribution in [2.24, 2.45) is 5.41 Å². The molecular weight excluding hydrogens is 266 g/mol. The maximum atomic E-state index is 12.7. The van der Waals surface area contributed by atoms with Crippen LogP contribution in [0.5, 0.6) is 0 Å². The second kappa shape index (κ2) is 5.70. The third-order valence-corrected chi connectivity index (χ3v) is 5.17. The van der Waals surface area contributed by atoms with Crippen molar-refractivity contribution in [2.45, 2.75) is 32.1 Å². The zero-order valence-corrected chi connectivity index (χ0v) is 12.7. The second-order valence-corrected chi connectivity index (χ2v) is 6.57. The molecule has 0 radical (unpaired) electrons. The van der Waals surface area contributed by atoms with E-state index in [0.717, 1.165) is 58.3 Å². The lowest BCUT2D eigenvalue weighted by Gasteiger charge is -2.40. The number of carbonyl (C=O) groups excluding carboxylic acids is 2. The van der Waals surface area contributed by atoms with Crippen LogP contribution in [-0.4, -0.2) is 65.9 Å². The molecule has 5 heteroatoms. The Hall–Kier alpha value is -1.52. The van der Waals surface area contributed by atoms with Crippen molar-refractivity contribution in [1.82, 2.24) is 14.7 Å². The largest absolute Gasteiger partial charge is 0.338 e. The number of urea groups is 1. The number of hydrogen-bond acceptors (Lipinski definition) is 2. The summed E-state index contributed by atoms with van der Waals surface area (Å²) in [6.45, 7) is 8.30. The van der Waals surface area contributed by atoms with Crippen molar-refractivity contribution < 1.29 is 9.59 Å². The van der Waals surface area contributed by atoms with Gasteiger partial charge in [0.1, 0.15) is 0 Å². The molecule has 116 valence electrons. The van der Waals surface area contributed by atoms with Crippen LogP contribution in [0.3, 0.4) is 0 Å². The van der Waals surface area contributed by atoms with E-state index in [1.165, 1.54) is 0 Å². The van der Waals surface area contributed by atoms with Crippen LogP contribution >= 0.6 is 0 Å². The van der Waals surface area contributed by atoms with Gasteiger partial charge in [-0.15, -0.1) is 6.58 Å². The van der Waals surface area contributed by atoms with Gasteiger partial charge in [-0.2, -0.15) is 0 Å². The number of nitrogens with zero attached hydrogens (tertiary/aromatic N) is 3. The fraction of sp³-hybridized carbons (Fsp3) is 0.750. The molecule has 21 heavy (non-hydrogen) atoms. The quantitative estimate of drug-likeness (QED) is 0.727. The summed E-state index contributed by atoms with van der Waals surface area (Å²) >= 11 is 0. The van der Waals surface area contributed by atoms with Crippen molar-refractivity contribution >= 4 is 11.9 Å². The Balaban J connectivity index is 1.69. The molecule has 0 N–H and O–H groups in total. The van der Waals surface area contributed by atoms with Gasteiger partial charge >= 0.3 is 6.03 Å². The van der Waals surface area contributed by atoms with E-state index in [1.807, 2.05) is 14.7 Å². The van der Waals surface area contributed by atoms with Crippen molar-refractivity contribution in [3.05, 3.63) is 12.7 Å².